The summed E-state index contributed by atoms with van der Waals surface area (Å²) >= 11 is 5.54. The van der Waals surface area contributed by atoms with E-state index in [-0.39, 0.29) is 23.6 Å². The number of carbonyl (C=O) groups excluding carboxylic acids is 3. The van der Waals surface area contributed by atoms with Crippen molar-refractivity contribution in [2.45, 2.75) is 20.8 Å². The molecule has 0 saturated carbocycles. The lowest BCUT2D eigenvalue weighted by molar-refractivity contribution is -0.131. The van der Waals surface area contributed by atoms with Crippen LogP contribution in [0.1, 0.15) is 31.1 Å². The molecule has 0 atom stereocenters. The number of ketones is 1. The molecule has 0 bridgehead atoms. The van der Waals surface area contributed by atoms with Crippen LogP contribution in [0.3, 0.4) is 0 Å². The van der Waals surface area contributed by atoms with E-state index >= 15 is 0 Å². The maximum atomic E-state index is 12.3. The number of esters is 1. The molecule has 7 nitrogen and oxygen atoms in total. The summed E-state index contributed by atoms with van der Waals surface area (Å²) in [6, 6.07) is 15.3. The summed E-state index contributed by atoms with van der Waals surface area (Å²) in [7, 11) is 0. The van der Waals surface area contributed by atoms with Crippen molar-refractivity contribution in [3.63, 3.8) is 0 Å². The highest BCUT2D eigenvalue weighted by Gasteiger charge is 2.17. The molecule has 1 amide bonds. The highest BCUT2D eigenvalue weighted by molar-refractivity contribution is 6.30. The molecule has 0 radical (unpaired) electrons. The Hall–Kier alpha value is -3.32. The highest BCUT2D eigenvalue weighted by atomic mass is 35.5. The van der Waals surface area contributed by atoms with Crippen LogP contribution in [0, 0.1) is 0 Å². The molecule has 0 aliphatic rings. The van der Waals surface area contributed by atoms with Crippen molar-refractivity contribution in [2.24, 2.45) is 5.73 Å². The van der Waals surface area contributed by atoms with Crippen LogP contribution >= 0.6 is 11.6 Å². The van der Waals surface area contributed by atoms with Crippen LogP contribution in [0.4, 0.5) is 4.79 Å². The average Bonchev–Trinajstić information content (AvgIpc) is 2.67. The van der Waals surface area contributed by atoms with Gasteiger partial charge in [-0.15, -0.1) is 0 Å². The van der Waals surface area contributed by atoms with Crippen LogP contribution in [0.15, 0.2) is 66.0 Å². The number of allylic oxidation sites excluding steroid dienone is 2. The van der Waals surface area contributed by atoms with Crippen molar-refractivity contribution < 1.29 is 23.9 Å². The largest absolute Gasteiger partial charge is 0.450 e. The normalized spacial score (nSPS) is 10.6. The predicted molar refractivity (Wildman–Crippen MR) is 111 cm³/mol. The monoisotopic (exact) mass is 418 g/mol. The SMILES string of the molecule is CCOC(=O)N/C(C(=O)c1ccc(OC(C)=O)cc1)=C(\C)N.Clc1ccccc1. The molecule has 0 aromatic heterocycles. The maximum Gasteiger partial charge on any atom is 0.411 e. The van der Waals surface area contributed by atoms with Gasteiger partial charge in [-0.1, -0.05) is 29.8 Å². The lowest BCUT2D eigenvalue weighted by Crippen LogP contribution is -2.30. The van der Waals surface area contributed by atoms with Crippen LogP contribution in [0.5, 0.6) is 5.75 Å². The number of ether oxygens (including phenoxy) is 2. The fraction of sp³-hybridized carbons (Fsp3) is 0.190. The molecular formula is C21H23ClN2O5. The Bertz CT molecular complexity index is 860. The molecular weight excluding hydrogens is 396 g/mol. The lowest BCUT2D eigenvalue weighted by Gasteiger charge is -2.11. The quantitative estimate of drug-likeness (QED) is 0.328. The first-order valence-corrected chi connectivity index (χ1v) is 9.06. The number of halogens is 1. The minimum absolute atomic E-state index is 0.0568. The fourth-order valence-corrected chi connectivity index (χ4v) is 2.15. The second-order valence-electron chi connectivity index (χ2n) is 5.65. The predicted octanol–water partition coefficient (Wildman–Crippen LogP) is 4.07. The summed E-state index contributed by atoms with van der Waals surface area (Å²) in [5.74, 6) is -0.610. The van der Waals surface area contributed by atoms with Crippen LogP contribution in [-0.4, -0.2) is 24.5 Å². The van der Waals surface area contributed by atoms with Gasteiger partial charge in [0.15, 0.2) is 0 Å². The lowest BCUT2D eigenvalue weighted by atomic mass is 10.1. The van der Waals surface area contributed by atoms with E-state index in [0.717, 1.165) is 5.02 Å². The first-order chi connectivity index (χ1) is 13.7. The molecule has 8 heteroatoms. The van der Waals surface area contributed by atoms with Crippen LogP contribution in [0.2, 0.25) is 5.02 Å². The summed E-state index contributed by atoms with van der Waals surface area (Å²) in [4.78, 5) is 34.6. The number of alkyl carbamates (subject to hydrolysis) is 1. The molecule has 0 saturated heterocycles. The number of hydrogen-bond acceptors (Lipinski definition) is 6. The molecule has 0 fully saturated rings. The Morgan fingerprint density at radius 2 is 1.59 bits per heavy atom. The van der Waals surface area contributed by atoms with Crippen LogP contribution < -0.4 is 15.8 Å². The summed E-state index contributed by atoms with van der Waals surface area (Å²) in [5, 5.41) is 3.12. The molecule has 0 spiro atoms. The van der Waals surface area contributed by atoms with E-state index in [1.807, 2.05) is 30.3 Å². The van der Waals surface area contributed by atoms with E-state index in [4.69, 9.17) is 26.8 Å². The smallest absolute Gasteiger partial charge is 0.411 e. The third-order valence-electron chi connectivity index (χ3n) is 3.24. The van der Waals surface area contributed by atoms with E-state index in [0.29, 0.717) is 5.75 Å². The number of amides is 1. The van der Waals surface area contributed by atoms with Crippen molar-refractivity contribution in [2.75, 3.05) is 6.61 Å². The van der Waals surface area contributed by atoms with Gasteiger partial charge in [0.05, 0.1) is 6.61 Å². The number of nitrogens with one attached hydrogen (secondary N) is 1. The third kappa shape index (κ3) is 8.94. The van der Waals surface area contributed by atoms with Gasteiger partial charge in [-0.3, -0.25) is 14.9 Å². The molecule has 154 valence electrons. The van der Waals surface area contributed by atoms with Crippen molar-refractivity contribution in [1.29, 1.82) is 0 Å². The van der Waals surface area contributed by atoms with Gasteiger partial charge >= 0.3 is 12.1 Å². The fourth-order valence-electron chi connectivity index (χ4n) is 2.00. The molecule has 0 aliphatic heterocycles. The van der Waals surface area contributed by atoms with Gasteiger partial charge < -0.3 is 15.2 Å². The molecule has 29 heavy (non-hydrogen) atoms. The van der Waals surface area contributed by atoms with Crippen LogP contribution in [-0.2, 0) is 9.53 Å². The van der Waals surface area contributed by atoms with Crippen molar-refractivity contribution >= 4 is 29.4 Å². The van der Waals surface area contributed by atoms with E-state index in [9.17, 15) is 14.4 Å². The number of hydrogen-bond donors (Lipinski definition) is 2. The Morgan fingerprint density at radius 3 is 2.00 bits per heavy atom. The molecule has 2 rings (SSSR count). The topological polar surface area (TPSA) is 108 Å². The number of carbonyl (C=O) groups is 3. The first kappa shape index (κ1) is 23.7. The van der Waals surface area contributed by atoms with Gasteiger partial charge in [0.25, 0.3) is 0 Å². The second-order valence-corrected chi connectivity index (χ2v) is 6.08. The van der Waals surface area contributed by atoms with Gasteiger partial charge in [0.1, 0.15) is 11.4 Å². The summed E-state index contributed by atoms with van der Waals surface area (Å²) in [6.07, 6.45) is -0.757. The zero-order chi connectivity index (χ0) is 21.8. The Morgan fingerprint density at radius 1 is 1.00 bits per heavy atom. The summed E-state index contributed by atoms with van der Waals surface area (Å²) < 4.78 is 9.60. The van der Waals surface area contributed by atoms with Crippen molar-refractivity contribution in [3.05, 3.63) is 76.6 Å². The van der Waals surface area contributed by atoms with Gasteiger partial charge in [-0.05, 0) is 50.2 Å². The zero-order valence-corrected chi connectivity index (χ0v) is 17.2. The molecule has 0 unspecified atom stereocenters. The highest BCUT2D eigenvalue weighted by Crippen LogP contribution is 2.15. The minimum Gasteiger partial charge on any atom is -0.450 e. The molecule has 2 aromatic carbocycles. The average molecular weight is 419 g/mol. The molecule has 2 aromatic rings. The standard InChI is InChI=1S/C15H18N2O5.C6H5Cl/c1-4-21-15(20)17-13(9(2)16)14(19)11-5-7-12(8-6-11)22-10(3)18;7-6-4-2-1-3-5-6/h5-8H,4,16H2,1-3H3,(H,17,20);1-5H/b13-9+;. The third-order valence-corrected chi connectivity index (χ3v) is 3.49. The van der Waals surface area contributed by atoms with Gasteiger partial charge in [0.2, 0.25) is 5.78 Å². The number of rotatable bonds is 5. The van der Waals surface area contributed by atoms with E-state index in [2.05, 4.69) is 5.32 Å². The summed E-state index contributed by atoms with van der Waals surface area (Å²) in [5.41, 5.74) is 6.02. The van der Waals surface area contributed by atoms with Gasteiger partial charge in [-0.25, -0.2) is 4.79 Å². The summed E-state index contributed by atoms with van der Waals surface area (Å²) in [6.45, 7) is 4.59. The van der Waals surface area contributed by atoms with Gasteiger partial charge in [0, 0.05) is 23.2 Å². The molecule has 3 N–H and O–H groups in total. The Balaban J connectivity index is 0.000000502. The zero-order valence-electron chi connectivity index (χ0n) is 16.4. The molecule has 0 heterocycles. The van der Waals surface area contributed by atoms with E-state index < -0.39 is 17.8 Å². The van der Waals surface area contributed by atoms with Gasteiger partial charge in [-0.2, -0.15) is 0 Å². The van der Waals surface area contributed by atoms with Crippen molar-refractivity contribution in [3.8, 4) is 5.75 Å². The molecule has 0 aliphatic carbocycles. The number of Topliss-reactive ketones (excluding diaryl/α,β-unsaturated/α-hetero) is 1. The second kappa shape index (κ2) is 12.2. The Labute approximate surface area is 174 Å². The van der Waals surface area contributed by atoms with Crippen LogP contribution in [0.25, 0.3) is 0 Å². The number of nitrogens with two attached hydrogens (primary N) is 1. The van der Waals surface area contributed by atoms with Crippen molar-refractivity contribution in [1.82, 2.24) is 5.32 Å². The number of benzene rings is 2. The van der Waals surface area contributed by atoms with E-state index in [1.165, 1.54) is 38.1 Å². The Kier molecular flexibility index (Phi) is 9.98. The first-order valence-electron chi connectivity index (χ1n) is 8.68. The van der Waals surface area contributed by atoms with E-state index in [1.54, 1.807) is 6.92 Å². The maximum absolute atomic E-state index is 12.3. The minimum atomic E-state index is -0.757.